The average molecular weight is 374 g/mol. The van der Waals surface area contributed by atoms with Gasteiger partial charge in [-0.1, -0.05) is 20.8 Å². The molecule has 0 spiro atoms. The number of nitrogens with zero attached hydrogens (tertiary/aromatic N) is 2. The normalized spacial score (nSPS) is 18.0. The van der Waals surface area contributed by atoms with E-state index in [-0.39, 0.29) is 29.6 Å². The molecule has 1 aromatic rings. The molecule has 2 rings (SSSR count). The summed E-state index contributed by atoms with van der Waals surface area (Å²) in [7, 11) is 1.55. The molecule has 6 nitrogen and oxygen atoms in total. The maximum atomic E-state index is 13.1. The van der Waals surface area contributed by atoms with Gasteiger partial charge in [0.15, 0.2) is 0 Å². The number of anilines is 1. The summed E-state index contributed by atoms with van der Waals surface area (Å²) in [5.74, 6) is -0.126. The van der Waals surface area contributed by atoms with Crippen molar-refractivity contribution < 1.29 is 19.1 Å². The highest BCUT2D eigenvalue weighted by Gasteiger charge is 2.47. The first kappa shape index (κ1) is 20.9. The topological polar surface area (TPSA) is 66.9 Å². The fourth-order valence-corrected chi connectivity index (χ4v) is 3.37. The van der Waals surface area contributed by atoms with Gasteiger partial charge in [-0.15, -0.1) is 0 Å². The predicted molar refractivity (Wildman–Crippen MR) is 105 cm³/mol. The van der Waals surface area contributed by atoms with Crippen LogP contribution in [0, 0.1) is 5.41 Å². The van der Waals surface area contributed by atoms with Gasteiger partial charge >= 0.3 is 0 Å². The van der Waals surface area contributed by atoms with E-state index in [1.165, 1.54) is 4.90 Å². The third-order valence-electron chi connectivity index (χ3n) is 4.44. The molecule has 0 N–H and O–H groups in total. The maximum absolute atomic E-state index is 13.1. The zero-order valence-corrected chi connectivity index (χ0v) is 17.3. The molecule has 1 aliphatic heterocycles. The molecule has 1 heterocycles. The fraction of sp³-hybridized carbons (Fsp3) is 0.571. The van der Waals surface area contributed by atoms with Crippen LogP contribution < -0.4 is 9.64 Å². The zero-order chi connectivity index (χ0) is 20.6. The Morgan fingerprint density at radius 2 is 1.67 bits per heavy atom. The molecule has 1 aromatic carbocycles. The SMILES string of the molecule is COc1ccc(N2C(=O)CC(N(C(=O)CC(C)(C)C)C(C)(C)C)C2=O)cc1. The minimum Gasteiger partial charge on any atom is -0.497 e. The van der Waals surface area contributed by atoms with E-state index < -0.39 is 11.6 Å². The van der Waals surface area contributed by atoms with Crippen LogP contribution in [-0.2, 0) is 14.4 Å². The molecule has 148 valence electrons. The molecule has 0 saturated carbocycles. The van der Waals surface area contributed by atoms with Crippen LogP contribution in [0.2, 0.25) is 0 Å². The lowest BCUT2D eigenvalue weighted by Crippen LogP contribution is -2.55. The zero-order valence-electron chi connectivity index (χ0n) is 17.3. The number of benzene rings is 1. The van der Waals surface area contributed by atoms with Gasteiger partial charge in [-0.25, -0.2) is 4.90 Å². The number of hydrogen-bond donors (Lipinski definition) is 0. The van der Waals surface area contributed by atoms with Gasteiger partial charge < -0.3 is 9.64 Å². The highest BCUT2D eigenvalue weighted by molar-refractivity contribution is 6.23. The fourth-order valence-electron chi connectivity index (χ4n) is 3.37. The Hall–Kier alpha value is -2.37. The molecule has 0 aliphatic carbocycles. The number of rotatable bonds is 4. The Morgan fingerprint density at radius 3 is 2.11 bits per heavy atom. The Kier molecular flexibility index (Phi) is 5.68. The second kappa shape index (κ2) is 7.33. The molecule has 1 saturated heterocycles. The lowest BCUT2D eigenvalue weighted by atomic mass is 9.89. The second-order valence-electron chi connectivity index (χ2n) is 9.16. The van der Waals surface area contributed by atoms with Crippen LogP contribution in [0.3, 0.4) is 0 Å². The van der Waals surface area contributed by atoms with Gasteiger partial charge in [-0.05, 0) is 50.5 Å². The summed E-state index contributed by atoms with van der Waals surface area (Å²) in [6.45, 7) is 11.6. The summed E-state index contributed by atoms with van der Waals surface area (Å²) in [4.78, 5) is 41.5. The van der Waals surface area contributed by atoms with Gasteiger partial charge in [0.05, 0.1) is 19.2 Å². The largest absolute Gasteiger partial charge is 0.497 e. The van der Waals surface area contributed by atoms with Crippen LogP contribution in [0.5, 0.6) is 5.75 Å². The highest BCUT2D eigenvalue weighted by atomic mass is 16.5. The van der Waals surface area contributed by atoms with Crippen molar-refractivity contribution in [3.8, 4) is 5.75 Å². The van der Waals surface area contributed by atoms with Crippen molar-refractivity contribution >= 4 is 23.4 Å². The van der Waals surface area contributed by atoms with Crippen molar-refractivity contribution in [3.05, 3.63) is 24.3 Å². The van der Waals surface area contributed by atoms with E-state index >= 15 is 0 Å². The van der Waals surface area contributed by atoms with Crippen molar-refractivity contribution in [2.24, 2.45) is 5.41 Å². The van der Waals surface area contributed by atoms with E-state index in [9.17, 15) is 14.4 Å². The Balaban J connectivity index is 2.34. The van der Waals surface area contributed by atoms with Crippen molar-refractivity contribution in [1.29, 1.82) is 0 Å². The number of ether oxygens (including phenoxy) is 1. The number of carbonyl (C=O) groups excluding carboxylic acids is 3. The molecular weight excluding hydrogens is 344 g/mol. The third-order valence-corrected chi connectivity index (χ3v) is 4.44. The van der Waals surface area contributed by atoms with E-state index in [1.807, 2.05) is 41.5 Å². The molecule has 1 unspecified atom stereocenters. The molecule has 3 amide bonds. The first-order valence-electron chi connectivity index (χ1n) is 9.18. The highest BCUT2D eigenvalue weighted by Crippen LogP contribution is 2.32. The number of methoxy groups -OCH3 is 1. The number of hydrogen-bond acceptors (Lipinski definition) is 4. The summed E-state index contributed by atoms with van der Waals surface area (Å²) in [6, 6.07) is 5.98. The van der Waals surface area contributed by atoms with Crippen LogP contribution in [-0.4, -0.2) is 41.3 Å². The number of amides is 3. The van der Waals surface area contributed by atoms with Crippen molar-refractivity contribution in [2.45, 2.75) is 66.0 Å². The first-order chi connectivity index (χ1) is 12.3. The summed E-state index contributed by atoms with van der Waals surface area (Å²) in [5, 5.41) is 0. The lowest BCUT2D eigenvalue weighted by molar-refractivity contribution is -0.145. The van der Waals surface area contributed by atoms with Crippen LogP contribution in [0.4, 0.5) is 5.69 Å². The summed E-state index contributed by atoms with van der Waals surface area (Å²) >= 11 is 0. The summed E-state index contributed by atoms with van der Waals surface area (Å²) < 4.78 is 5.13. The van der Waals surface area contributed by atoms with Crippen molar-refractivity contribution in [1.82, 2.24) is 4.90 Å². The first-order valence-corrected chi connectivity index (χ1v) is 9.18. The van der Waals surface area contributed by atoms with E-state index in [0.29, 0.717) is 17.9 Å². The molecule has 0 bridgehead atoms. The average Bonchev–Trinajstić information content (AvgIpc) is 2.79. The molecule has 1 aliphatic rings. The molecule has 0 aromatic heterocycles. The van der Waals surface area contributed by atoms with Crippen LogP contribution in [0.25, 0.3) is 0 Å². The van der Waals surface area contributed by atoms with E-state index in [1.54, 1.807) is 36.3 Å². The lowest BCUT2D eigenvalue weighted by Gasteiger charge is -2.40. The predicted octanol–water partition coefficient (Wildman–Crippen LogP) is 3.39. The second-order valence-corrected chi connectivity index (χ2v) is 9.16. The van der Waals surface area contributed by atoms with Gasteiger partial charge in [0.2, 0.25) is 11.8 Å². The summed E-state index contributed by atoms with van der Waals surface area (Å²) in [6.07, 6.45) is 0.308. The maximum Gasteiger partial charge on any atom is 0.257 e. The van der Waals surface area contributed by atoms with Gasteiger partial charge in [0, 0.05) is 12.0 Å². The van der Waals surface area contributed by atoms with E-state index in [0.717, 1.165) is 0 Å². The van der Waals surface area contributed by atoms with Crippen LogP contribution >= 0.6 is 0 Å². The monoisotopic (exact) mass is 374 g/mol. The van der Waals surface area contributed by atoms with E-state index in [2.05, 4.69) is 0 Å². The quantitative estimate of drug-likeness (QED) is 0.758. The van der Waals surface area contributed by atoms with Crippen molar-refractivity contribution in [3.63, 3.8) is 0 Å². The molecule has 6 heteroatoms. The van der Waals surface area contributed by atoms with Gasteiger partial charge in [-0.2, -0.15) is 0 Å². The third kappa shape index (κ3) is 4.67. The molecular formula is C21H30N2O4. The standard InChI is InChI=1S/C21H30N2O4/c1-20(2,3)13-18(25)23(21(4,5)6)16-12-17(24)22(19(16)26)14-8-10-15(27-7)11-9-14/h8-11,16H,12-13H2,1-7H3. The Labute approximate surface area is 161 Å². The van der Waals surface area contributed by atoms with Gasteiger partial charge in [0.1, 0.15) is 11.8 Å². The number of carbonyl (C=O) groups is 3. The van der Waals surface area contributed by atoms with E-state index in [4.69, 9.17) is 4.74 Å². The molecule has 1 fully saturated rings. The molecule has 0 radical (unpaired) electrons. The van der Waals surface area contributed by atoms with Crippen LogP contribution in [0.1, 0.15) is 54.4 Å². The Morgan fingerprint density at radius 1 is 1.11 bits per heavy atom. The van der Waals surface area contributed by atoms with Crippen molar-refractivity contribution in [2.75, 3.05) is 12.0 Å². The molecule has 27 heavy (non-hydrogen) atoms. The van der Waals surface area contributed by atoms with Gasteiger partial charge in [0.25, 0.3) is 5.91 Å². The van der Waals surface area contributed by atoms with Gasteiger partial charge in [-0.3, -0.25) is 14.4 Å². The molecule has 1 atom stereocenters. The Bertz CT molecular complexity index is 726. The summed E-state index contributed by atoms with van der Waals surface area (Å²) in [5.41, 5.74) is -0.286. The number of imide groups is 1. The minimum atomic E-state index is -0.783. The minimum absolute atomic E-state index is 0.00197. The van der Waals surface area contributed by atoms with Crippen LogP contribution in [0.15, 0.2) is 24.3 Å². The smallest absolute Gasteiger partial charge is 0.257 e.